The summed E-state index contributed by atoms with van der Waals surface area (Å²) in [7, 11) is 0. The number of hydrogen-bond acceptors (Lipinski definition) is 4. The van der Waals surface area contributed by atoms with Crippen molar-refractivity contribution < 1.29 is 0 Å². The summed E-state index contributed by atoms with van der Waals surface area (Å²) in [5.74, 6) is 2.33. The molecule has 0 spiro atoms. The normalized spacial score (nSPS) is 15.0. The van der Waals surface area contributed by atoms with Crippen LogP contribution in [-0.2, 0) is 6.54 Å². The molecule has 0 radical (unpaired) electrons. The quantitative estimate of drug-likeness (QED) is 0.819. The number of anilines is 2. The molecule has 0 unspecified atom stereocenters. The van der Waals surface area contributed by atoms with Crippen molar-refractivity contribution >= 4 is 29.1 Å². The van der Waals surface area contributed by atoms with E-state index in [-0.39, 0.29) is 0 Å². The van der Waals surface area contributed by atoms with Crippen LogP contribution in [0.1, 0.15) is 31.0 Å². The first kappa shape index (κ1) is 17.6. The average Bonchev–Trinajstić information content (AvgIpc) is 2.61. The predicted molar refractivity (Wildman–Crippen MR) is 107 cm³/mol. The number of piperidine rings is 1. The molecule has 1 aromatic carbocycles. The van der Waals surface area contributed by atoms with E-state index in [1.165, 1.54) is 18.4 Å². The topological polar surface area (TPSA) is 53.1 Å². The largest absolute Gasteiger partial charge is 0.358 e. The molecular weight excluding hydrogens is 330 g/mol. The second-order valence-electron chi connectivity index (χ2n) is 6.65. The Morgan fingerprint density at radius 3 is 2.64 bits per heavy atom. The Hall–Kier alpha value is -2.21. The summed E-state index contributed by atoms with van der Waals surface area (Å²) in [5.41, 5.74) is 2.12. The van der Waals surface area contributed by atoms with E-state index in [9.17, 15) is 0 Å². The number of aryl methyl sites for hydroxylation is 1. The van der Waals surface area contributed by atoms with Gasteiger partial charge in [-0.1, -0.05) is 37.3 Å². The van der Waals surface area contributed by atoms with E-state index in [1.807, 2.05) is 31.2 Å². The highest BCUT2D eigenvalue weighted by atomic mass is 32.1. The first-order valence-electron chi connectivity index (χ1n) is 8.79. The Balaban J connectivity index is 1.61. The third kappa shape index (κ3) is 5.13. The maximum atomic E-state index is 5.38. The minimum Gasteiger partial charge on any atom is -0.358 e. The molecule has 1 aromatic heterocycles. The Labute approximate surface area is 154 Å². The molecule has 2 N–H and O–H groups in total. The van der Waals surface area contributed by atoms with Crippen LogP contribution in [0.2, 0.25) is 0 Å². The Bertz CT molecular complexity index is 711. The number of nitrogens with one attached hydrogen (secondary N) is 2. The summed E-state index contributed by atoms with van der Waals surface area (Å²) in [6.07, 6.45) is 2.42. The van der Waals surface area contributed by atoms with E-state index in [2.05, 4.69) is 44.6 Å². The Kier molecular flexibility index (Phi) is 5.81. The third-order valence-corrected chi connectivity index (χ3v) is 4.72. The van der Waals surface area contributed by atoms with Crippen LogP contribution >= 0.6 is 12.2 Å². The lowest BCUT2D eigenvalue weighted by Crippen LogP contribution is -2.34. The highest BCUT2D eigenvalue weighted by Gasteiger charge is 2.18. The number of hydrogen-bond donors (Lipinski definition) is 2. The van der Waals surface area contributed by atoms with Crippen LogP contribution in [0.5, 0.6) is 0 Å². The van der Waals surface area contributed by atoms with Crippen LogP contribution in [0.4, 0.5) is 11.8 Å². The van der Waals surface area contributed by atoms with Crippen molar-refractivity contribution in [3.63, 3.8) is 0 Å². The lowest BCUT2D eigenvalue weighted by Gasteiger charge is -2.31. The molecular formula is C19H25N5S. The van der Waals surface area contributed by atoms with Crippen LogP contribution in [0.3, 0.4) is 0 Å². The van der Waals surface area contributed by atoms with Crippen LogP contribution in [0.15, 0.2) is 36.4 Å². The molecule has 1 aliphatic rings. The number of rotatable bonds is 4. The van der Waals surface area contributed by atoms with Crippen LogP contribution in [0.25, 0.3) is 0 Å². The van der Waals surface area contributed by atoms with Crippen molar-refractivity contribution in [3.05, 3.63) is 47.7 Å². The first-order chi connectivity index (χ1) is 12.1. The molecule has 1 aliphatic heterocycles. The van der Waals surface area contributed by atoms with Gasteiger partial charge in [-0.25, -0.2) is 4.98 Å². The van der Waals surface area contributed by atoms with E-state index in [4.69, 9.17) is 12.2 Å². The van der Waals surface area contributed by atoms with Crippen molar-refractivity contribution in [1.82, 2.24) is 15.3 Å². The fourth-order valence-electron chi connectivity index (χ4n) is 2.93. The van der Waals surface area contributed by atoms with Gasteiger partial charge in [-0.15, -0.1) is 0 Å². The van der Waals surface area contributed by atoms with Crippen molar-refractivity contribution in [2.75, 3.05) is 23.3 Å². The van der Waals surface area contributed by atoms with Gasteiger partial charge in [0.15, 0.2) is 5.11 Å². The van der Waals surface area contributed by atoms with Gasteiger partial charge >= 0.3 is 0 Å². The Morgan fingerprint density at radius 1 is 1.20 bits per heavy atom. The number of benzene rings is 1. The molecule has 25 heavy (non-hydrogen) atoms. The van der Waals surface area contributed by atoms with Gasteiger partial charge in [-0.2, -0.15) is 4.98 Å². The van der Waals surface area contributed by atoms with Gasteiger partial charge in [-0.3, -0.25) is 0 Å². The maximum absolute atomic E-state index is 5.38. The molecule has 2 aromatic rings. The van der Waals surface area contributed by atoms with Gasteiger partial charge in [0.25, 0.3) is 0 Å². The summed E-state index contributed by atoms with van der Waals surface area (Å²) in [6, 6.07) is 12.2. The minimum absolute atomic E-state index is 0.535. The van der Waals surface area contributed by atoms with E-state index in [0.29, 0.717) is 17.6 Å². The molecule has 0 saturated carbocycles. The zero-order chi connectivity index (χ0) is 17.6. The zero-order valence-corrected chi connectivity index (χ0v) is 15.6. The molecule has 6 heteroatoms. The lowest BCUT2D eigenvalue weighted by atomic mass is 9.99. The van der Waals surface area contributed by atoms with E-state index in [1.54, 1.807) is 0 Å². The summed E-state index contributed by atoms with van der Waals surface area (Å²) in [4.78, 5) is 11.4. The SMILES string of the molecule is Cc1cc(N2CCC(C)CC2)nc(NC(=S)NCc2ccccc2)n1. The second-order valence-corrected chi connectivity index (χ2v) is 7.06. The van der Waals surface area contributed by atoms with Crippen LogP contribution in [0, 0.1) is 12.8 Å². The van der Waals surface area contributed by atoms with Gasteiger partial charge in [0.1, 0.15) is 5.82 Å². The van der Waals surface area contributed by atoms with Crippen LogP contribution in [-0.4, -0.2) is 28.2 Å². The molecule has 0 bridgehead atoms. The predicted octanol–water partition coefficient (Wildman–Crippen LogP) is 3.51. The molecule has 5 nitrogen and oxygen atoms in total. The van der Waals surface area contributed by atoms with E-state index in [0.717, 1.165) is 30.5 Å². The van der Waals surface area contributed by atoms with Crippen molar-refractivity contribution in [2.45, 2.75) is 33.2 Å². The van der Waals surface area contributed by atoms with Crippen molar-refractivity contribution in [2.24, 2.45) is 5.92 Å². The highest BCUT2D eigenvalue weighted by molar-refractivity contribution is 7.80. The second kappa shape index (κ2) is 8.25. The monoisotopic (exact) mass is 355 g/mol. The first-order valence-corrected chi connectivity index (χ1v) is 9.20. The molecule has 0 atom stereocenters. The number of thiocarbonyl (C=S) groups is 1. The van der Waals surface area contributed by atoms with Gasteiger partial charge in [0.05, 0.1) is 0 Å². The van der Waals surface area contributed by atoms with E-state index >= 15 is 0 Å². The maximum Gasteiger partial charge on any atom is 0.231 e. The zero-order valence-electron chi connectivity index (χ0n) is 14.8. The molecule has 132 valence electrons. The van der Waals surface area contributed by atoms with Gasteiger partial charge in [-0.05, 0) is 43.5 Å². The molecule has 1 fully saturated rings. The highest BCUT2D eigenvalue weighted by Crippen LogP contribution is 2.22. The van der Waals surface area contributed by atoms with Gasteiger partial charge in [0.2, 0.25) is 5.95 Å². The molecule has 1 saturated heterocycles. The summed E-state index contributed by atoms with van der Waals surface area (Å²) < 4.78 is 0. The Morgan fingerprint density at radius 2 is 1.92 bits per heavy atom. The van der Waals surface area contributed by atoms with E-state index < -0.39 is 0 Å². The fraction of sp³-hybridized carbons (Fsp3) is 0.421. The fourth-order valence-corrected chi connectivity index (χ4v) is 3.09. The molecule has 2 heterocycles. The number of aromatic nitrogens is 2. The number of nitrogens with zero attached hydrogens (tertiary/aromatic N) is 3. The smallest absolute Gasteiger partial charge is 0.231 e. The average molecular weight is 356 g/mol. The van der Waals surface area contributed by atoms with Gasteiger partial charge in [0, 0.05) is 31.4 Å². The molecule has 3 rings (SSSR count). The standard InChI is InChI=1S/C19H25N5S/c1-14-8-10-24(11-9-14)17-12-15(2)21-18(22-17)23-19(25)20-13-16-6-4-3-5-7-16/h3-7,12,14H,8-11,13H2,1-2H3,(H2,20,21,22,23,25). The summed E-state index contributed by atoms with van der Waals surface area (Å²) >= 11 is 5.38. The summed E-state index contributed by atoms with van der Waals surface area (Å²) in [6.45, 7) is 7.08. The van der Waals surface area contributed by atoms with Gasteiger partial charge < -0.3 is 15.5 Å². The summed E-state index contributed by atoms with van der Waals surface area (Å²) in [5, 5.41) is 6.85. The van der Waals surface area contributed by atoms with Crippen molar-refractivity contribution in [1.29, 1.82) is 0 Å². The van der Waals surface area contributed by atoms with Crippen molar-refractivity contribution in [3.8, 4) is 0 Å². The minimum atomic E-state index is 0.535. The van der Waals surface area contributed by atoms with Crippen LogP contribution < -0.4 is 15.5 Å². The molecule has 0 amide bonds. The third-order valence-electron chi connectivity index (χ3n) is 4.47. The molecule has 0 aliphatic carbocycles. The lowest BCUT2D eigenvalue weighted by molar-refractivity contribution is 0.436.